The lowest BCUT2D eigenvalue weighted by Crippen LogP contribution is -2.28. The molecule has 0 spiro atoms. The van der Waals surface area contributed by atoms with E-state index in [4.69, 9.17) is 15.2 Å². The zero-order chi connectivity index (χ0) is 20.0. The smallest absolute Gasteiger partial charge is 0.289 e. The minimum atomic E-state index is -0.0647. The number of nitrogens with zero attached hydrogens (tertiary/aromatic N) is 4. The van der Waals surface area contributed by atoms with Crippen molar-refractivity contribution < 1.29 is 9.21 Å². The van der Waals surface area contributed by atoms with E-state index < -0.39 is 0 Å². The lowest BCUT2D eigenvalue weighted by Gasteiger charge is -2.14. The summed E-state index contributed by atoms with van der Waals surface area (Å²) in [6, 6.07) is 11.7. The average molecular weight is 389 g/mol. The van der Waals surface area contributed by atoms with E-state index in [1.54, 1.807) is 6.20 Å². The molecule has 1 aromatic carbocycles. The summed E-state index contributed by atoms with van der Waals surface area (Å²) in [5.74, 6) is 0.507. The second-order valence-electron chi connectivity index (χ2n) is 7.66. The highest BCUT2D eigenvalue weighted by atomic mass is 16.3. The molecule has 0 unspecified atom stereocenters. The fourth-order valence-corrected chi connectivity index (χ4v) is 4.21. The molecular formula is C22H23N5O2. The number of carbonyl (C=O) groups is 1. The molecule has 1 amide bonds. The molecule has 0 bridgehead atoms. The molecule has 1 saturated heterocycles. The Morgan fingerprint density at radius 3 is 3.07 bits per heavy atom. The quantitative estimate of drug-likeness (QED) is 0.579. The van der Waals surface area contributed by atoms with Gasteiger partial charge in [-0.1, -0.05) is 11.6 Å². The van der Waals surface area contributed by atoms with Gasteiger partial charge in [0.05, 0.1) is 12.2 Å². The highest BCUT2D eigenvalue weighted by molar-refractivity contribution is 5.96. The Labute approximate surface area is 168 Å². The molecule has 0 aliphatic carbocycles. The van der Waals surface area contributed by atoms with Gasteiger partial charge in [0.1, 0.15) is 5.58 Å². The van der Waals surface area contributed by atoms with Crippen LogP contribution in [0.15, 0.2) is 47.0 Å². The van der Waals surface area contributed by atoms with Crippen LogP contribution in [-0.4, -0.2) is 45.2 Å². The van der Waals surface area contributed by atoms with Crippen LogP contribution < -0.4 is 5.73 Å². The van der Waals surface area contributed by atoms with Crippen LogP contribution in [0.2, 0.25) is 0 Å². The number of hydrogen-bond donors (Lipinski definition) is 1. The van der Waals surface area contributed by atoms with Crippen molar-refractivity contribution in [2.75, 3.05) is 19.6 Å². The number of nitrogens with two attached hydrogens (primary N) is 1. The van der Waals surface area contributed by atoms with E-state index in [1.165, 1.54) is 0 Å². The molecule has 5 rings (SSSR count). The van der Waals surface area contributed by atoms with Gasteiger partial charge in [-0.05, 0) is 43.7 Å². The Morgan fingerprint density at radius 1 is 1.31 bits per heavy atom. The fourth-order valence-electron chi connectivity index (χ4n) is 4.21. The van der Waals surface area contributed by atoms with E-state index in [2.05, 4.69) is 4.98 Å². The molecule has 0 radical (unpaired) electrons. The zero-order valence-corrected chi connectivity index (χ0v) is 16.3. The van der Waals surface area contributed by atoms with E-state index in [0.717, 1.165) is 39.7 Å². The molecule has 7 nitrogen and oxygen atoms in total. The van der Waals surface area contributed by atoms with Crippen molar-refractivity contribution >= 4 is 27.9 Å². The van der Waals surface area contributed by atoms with Crippen LogP contribution in [0.4, 0.5) is 0 Å². The van der Waals surface area contributed by atoms with Gasteiger partial charge < -0.3 is 15.1 Å². The van der Waals surface area contributed by atoms with E-state index in [-0.39, 0.29) is 11.8 Å². The van der Waals surface area contributed by atoms with Crippen LogP contribution in [0.25, 0.3) is 22.0 Å². The van der Waals surface area contributed by atoms with Gasteiger partial charge >= 0.3 is 0 Å². The minimum absolute atomic E-state index is 0.0647. The van der Waals surface area contributed by atoms with Crippen molar-refractivity contribution in [3.05, 3.63) is 59.6 Å². The second-order valence-corrected chi connectivity index (χ2v) is 7.66. The van der Waals surface area contributed by atoms with Gasteiger partial charge in [0.2, 0.25) is 0 Å². The first kappa shape index (κ1) is 17.9. The Balaban J connectivity index is 1.41. The molecule has 1 aliphatic rings. The van der Waals surface area contributed by atoms with E-state index in [9.17, 15) is 4.79 Å². The van der Waals surface area contributed by atoms with Crippen molar-refractivity contribution in [1.29, 1.82) is 0 Å². The van der Waals surface area contributed by atoms with Gasteiger partial charge in [-0.15, -0.1) is 0 Å². The number of rotatable bonds is 4. The van der Waals surface area contributed by atoms with Gasteiger partial charge in [0.25, 0.3) is 5.91 Å². The molecule has 2 N–H and O–H groups in total. The van der Waals surface area contributed by atoms with Gasteiger partial charge in [0, 0.05) is 42.5 Å². The summed E-state index contributed by atoms with van der Waals surface area (Å²) >= 11 is 0. The molecule has 29 heavy (non-hydrogen) atoms. The number of benzene rings is 1. The topological polar surface area (TPSA) is 90.2 Å². The summed E-state index contributed by atoms with van der Waals surface area (Å²) in [5, 5.41) is 6.79. The number of likely N-dealkylation sites (tertiary alicyclic amines) is 1. The average Bonchev–Trinajstić information content (AvgIpc) is 3.44. The second kappa shape index (κ2) is 7.00. The third-order valence-electron chi connectivity index (χ3n) is 5.62. The Morgan fingerprint density at radius 2 is 2.21 bits per heavy atom. The zero-order valence-electron chi connectivity index (χ0n) is 16.3. The summed E-state index contributed by atoms with van der Waals surface area (Å²) < 4.78 is 7.68. The third kappa shape index (κ3) is 3.07. The van der Waals surface area contributed by atoms with Crippen molar-refractivity contribution in [2.45, 2.75) is 25.8 Å². The predicted octanol–water partition coefficient (Wildman–Crippen LogP) is 3.07. The van der Waals surface area contributed by atoms with Crippen LogP contribution in [0.3, 0.4) is 0 Å². The van der Waals surface area contributed by atoms with Crippen molar-refractivity contribution in [1.82, 2.24) is 19.7 Å². The molecule has 1 aliphatic heterocycles. The van der Waals surface area contributed by atoms with E-state index in [0.29, 0.717) is 31.9 Å². The maximum atomic E-state index is 13.0. The number of fused-ring (bicyclic) bond motifs is 2. The first-order valence-corrected chi connectivity index (χ1v) is 9.95. The number of carbonyl (C=O) groups excluding carboxylic acids is 1. The molecule has 3 aromatic heterocycles. The SMILES string of the molecule is Cc1ccc2oc(C(=O)N3CC[C@H](c4nn(CCN)c5ncccc45)C3)cc2c1. The normalized spacial score (nSPS) is 16.9. The van der Waals surface area contributed by atoms with Crippen LogP contribution in [0.1, 0.15) is 34.2 Å². The van der Waals surface area contributed by atoms with Crippen LogP contribution in [0, 0.1) is 6.92 Å². The monoisotopic (exact) mass is 389 g/mol. The van der Waals surface area contributed by atoms with Crippen LogP contribution in [-0.2, 0) is 6.54 Å². The molecule has 1 fully saturated rings. The van der Waals surface area contributed by atoms with E-state index >= 15 is 0 Å². The Kier molecular flexibility index (Phi) is 4.32. The first-order chi connectivity index (χ1) is 14.1. The number of aryl methyl sites for hydroxylation is 1. The molecular weight excluding hydrogens is 366 g/mol. The third-order valence-corrected chi connectivity index (χ3v) is 5.62. The lowest BCUT2D eigenvalue weighted by atomic mass is 10.0. The summed E-state index contributed by atoms with van der Waals surface area (Å²) in [4.78, 5) is 19.4. The number of aromatic nitrogens is 3. The van der Waals surface area contributed by atoms with Crippen molar-refractivity contribution in [3.63, 3.8) is 0 Å². The lowest BCUT2D eigenvalue weighted by molar-refractivity contribution is 0.0761. The number of amides is 1. The van der Waals surface area contributed by atoms with E-state index in [1.807, 2.05) is 52.9 Å². The summed E-state index contributed by atoms with van der Waals surface area (Å²) in [7, 11) is 0. The van der Waals surface area contributed by atoms with Gasteiger partial charge in [-0.2, -0.15) is 5.10 Å². The van der Waals surface area contributed by atoms with Crippen LogP contribution >= 0.6 is 0 Å². The minimum Gasteiger partial charge on any atom is -0.451 e. The standard InChI is InChI=1S/C22H23N5O2/c1-14-4-5-18-16(11-14)12-19(29-18)22(28)26-9-6-15(13-26)20-17-3-2-8-24-21(17)27(25-20)10-7-23/h2-5,8,11-12,15H,6-7,9-10,13,23H2,1H3/t15-/m0/s1. The highest BCUT2D eigenvalue weighted by Gasteiger charge is 2.32. The van der Waals surface area contributed by atoms with Crippen molar-refractivity contribution in [3.8, 4) is 0 Å². The number of hydrogen-bond acceptors (Lipinski definition) is 5. The predicted molar refractivity (Wildman–Crippen MR) is 111 cm³/mol. The Bertz CT molecular complexity index is 1210. The summed E-state index contributed by atoms with van der Waals surface area (Å²) in [5.41, 5.74) is 9.47. The van der Waals surface area contributed by atoms with Gasteiger partial charge in [-0.25, -0.2) is 9.67 Å². The summed E-state index contributed by atoms with van der Waals surface area (Å²) in [6.45, 7) is 4.47. The largest absolute Gasteiger partial charge is 0.451 e. The number of furan rings is 1. The Hall–Kier alpha value is -3.19. The maximum Gasteiger partial charge on any atom is 0.289 e. The van der Waals surface area contributed by atoms with Gasteiger partial charge in [0.15, 0.2) is 11.4 Å². The highest BCUT2D eigenvalue weighted by Crippen LogP contribution is 2.32. The fraction of sp³-hybridized carbons (Fsp3) is 0.318. The maximum absolute atomic E-state index is 13.0. The molecule has 4 heterocycles. The first-order valence-electron chi connectivity index (χ1n) is 9.95. The number of pyridine rings is 1. The molecule has 148 valence electrons. The molecule has 0 saturated carbocycles. The summed E-state index contributed by atoms with van der Waals surface area (Å²) in [6.07, 6.45) is 2.64. The van der Waals surface area contributed by atoms with Gasteiger partial charge in [-0.3, -0.25) is 4.79 Å². The van der Waals surface area contributed by atoms with Crippen LogP contribution in [0.5, 0.6) is 0 Å². The molecule has 1 atom stereocenters. The van der Waals surface area contributed by atoms with Crippen molar-refractivity contribution in [2.24, 2.45) is 5.73 Å². The molecule has 4 aromatic rings. The molecule has 7 heteroatoms.